The van der Waals surface area contributed by atoms with Crippen molar-refractivity contribution < 1.29 is 0 Å². The van der Waals surface area contributed by atoms with Crippen molar-refractivity contribution in [2.24, 2.45) is 0 Å². The number of aromatic amines is 1. The highest BCUT2D eigenvalue weighted by atomic mass is 32.2. The molecule has 0 atom stereocenters. The number of H-pyrrole nitrogens is 1. The molecule has 2 aromatic heterocycles. The fourth-order valence-electron chi connectivity index (χ4n) is 1.26. The smallest absolute Gasteiger partial charge is 0.270 e. The second-order valence-electron chi connectivity index (χ2n) is 3.15. The molecule has 0 unspecified atom stereocenters. The van der Waals surface area contributed by atoms with Gasteiger partial charge in [-0.25, -0.2) is 14.9 Å². The molecule has 6 nitrogen and oxygen atoms in total. The average molecular weight is 247 g/mol. The minimum Gasteiger partial charge on any atom is -0.270 e. The fraction of sp³-hybridized carbons (Fsp3) is 0.200. The molecule has 1 N–H and O–H groups in total. The van der Waals surface area contributed by atoms with Crippen LogP contribution < -0.4 is 5.69 Å². The zero-order valence-corrected chi connectivity index (χ0v) is 9.86. The Bertz CT molecular complexity index is 607. The topological polar surface area (TPSA) is 87.4 Å². The highest BCUT2D eigenvalue weighted by Crippen LogP contribution is 2.22. The molecule has 7 heteroatoms. The maximum Gasteiger partial charge on any atom is 0.343 e. The van der Waals surface area contributed by atoms with E-state index in [1.54, 1.807) is 12.1 Å². The lowest BCUT2D eigenvalue weighted by Crippen LogP contribution is -2.16. The Morgan fingerprint density at radius 3 is 3.00 bits per heavy atom. The van der Waals surface area contributed by atoms with E-state index < -0.39 is 0 Å². The second kappa shape index (κ2) is 4.84. The molecule has 0 aliphatic rings. The van der Waals surface area contributed by atoms with Gasteiger partial charge in [0.05, 0.1) is 5.56 Å². The van der Waals surface area contributed by atoms with Crippen LogP contribution >= 0.6 is 11.8 Å². The van der Waals surface area contributed by atoms with Crippen LogP contribution in [-0.4, -0.2) is 19.7 Å². The molecule has 0 aliphatic heterocycles. The molecule has 2 rings (SSSR count). The van der Waals surface area contributed by atoms with Gasteiger partial charge >= 0.3 is 5.69 Å². The first-order chi connectivity index (χ1) is 8.24. The van der Waals surface area contributed by atoms with Gasteiger partial charge in [-0.05, 0) is 30.8 Å². The number of nitrogens with one attached hydrogen (secondary N) is 1. The monoisotopic (exact) mass is 247 g/mol. The van der Waals surface area contributed by atoms with Gasteiger partial charge < -0.3 is 0 Å². The van der Waals surface area contributed by atoms with Gasteiger partial charge in [-0.1, -0.05) is 0 Å². The minimum absolute atomic E-state index is 0.233. The van der Waals surface area contributed by atoms with Crippen molar-refractivity contribution in [3.8, 4) is 6.07 Å². The largest absolute Gasteiger partial charge is 0.343 e. The zero-order valence-electron chi connectivity index (χ0n) is 9.04. The van der Waals surface area contributed by atoms with E-state index in [0.717, 1.165) is 0 Å². The Kier molecular flexibility index (Phi) is 3.25. The Labute approximate surface area is 101 Å². The van der Waals surface area contributed by atoms with E-state index in [1.165, 1.54) is 22.5 Å². The fourth-order valence-corrected chi connectivity index (χ4v) is 2.10. The van der Waals surface area contributed by atoms with Crippen LogP contribution in [0.1, 0.15) is 12.5 Å². The molecular formula is C10H9N5OS. The summed E-state index contributed by atoms with van der Waals surface area (Å²) in [6.45, 7) is 2.42. The summed E-state index contributed by atoms with van der Waals surface area (Å²) in [6, 6.07) is 5.40. The molecule has 0 saturated carbocycles. The molecule has 0 aromatic carbocycles. The molecule has 0 radical (unpaired) electrons. The lowest BCUT2D eigenvalue weighted by atomic mass is 10.3. The van der Waals surface area contributed by atoms with E-state index in [4.69, 9.17) is 5.26 Å². The molecule has 2 aromatic rings. The van der Waals surface area contributed by atoms with Crippen LogP contribution in [0.4, 0.5) is 0 Å². The first kappa shape index (κ1) is 11.4. The predicted molar refractivity (Wildman–Crippen MR) is 61.6 cm³/mol. The lowest BCUT2D eigenvalue weighted by molar-refractivity contribution is 0.660. The van der Waals surface area contributed by atoms with Crippen LogP contribution in [0, 0.1) is 11.3 Å². The molecule has 0 saturated heterocycles. The number of hydrogen-bond donors (Lipinski definition) is 1. The number of aromatic nitrogens is 4. The lowest BCUT2D eigenvalue weighted by Gasteiger charge is -2.00. The second-order valence-corrected chi connectivity index (χ2v) is 4.14. The highest BCUT2D eigenvalue weighted by Gasteiger charge is 2.08. The summed E-state index contributed by atoms with van der Waals surface area (Å²) in [5.74, 6) is 0. The summed E-state index contributed by atoms with van der Waals surface area (Å²) in [4.78, 5) is 15.4. The summed E-state index contributed by atoms with van der Waals surface area (Å²) < 4.78 is 1.52. The number of nitriles is 1. The van der Waals surface area contributed by atoms with Gasteiger partial charge in [-0.15, -0.1) is 5.10 Å². The van der Waals surface area contributed by atoms with Crippen molar-refractivity contribution >= 4 is 11.8 Å². The molecule has 0 aliphatic carbocycles. The zero-order chi connectivity index (χ0) is 12.3. The molecule has 0 amide bonds. The Morgan fingerprint density at radius 1 is 1.59 bits per heavy atom. The predicted octanol–water partition coefficient (Wildman–Crippen LogP) is 1.01. The van der Waals surface area contributed by atoms with Crippen LogP contribution in [0.5, 0.6) is 0 Å². The van der Waals surface area contributed by atoms with E-state index in [-0.39, 0.29) is 5.69 Å². The number of nitrogens with zero attached hydrogens (tertiary/aromatic N) is 4. The number of rotatable bonds is 3. The molecular weight excluding hydrogens is 238 g/mol. The standard InChI is InChI=1S/C10H9N5OS/c1-2-15-9(16)13-14-10(15)17-8-4-3-7(5-11)6-12-8/h3-4,6H,2H2,1H3,(H,13,16). The molecule has 0 fully saturated rings. The summed E-state index contributed by atoms with van der Waals surface area (Å²) in [7, 11) is 0. The molecule has 17 heavy (non-hydrogen) atoms. The van der Waals surface area contributed by atoms with Crippen molar-refractivity contribution in [2.75, 3.05) is 0 Å². The van der Waals surface area contributed by atoms with Crippen molar-refractivity contribution in [3.05, 3.63) is 34.4 Å². The Morgan fingerprint density at radius 2 is 2.41 bits per heavy atom. The number of hydrogen-bond acceptors (Lipinski definition) is 5. The minimum atomic E-state index is -0.233. The maximum absolute atomic E-state index is 11.3. The average Bonchev–Trinajstić information content (AvgIpc) is 2.71. The van der Waals surface area contributed by atoms with Crippen LogP contribution in [0.15, 0.2) is 33.3 Å². The van der Waals surface area contributed by atoms with Gasteiger partial charge in [0.2, 0.25) is 0 Å². The van der Waals surface area contributed by atoms with Crippen molar-refractivity contribution in [3.63, 3.8) is 0 Å². The Balaban J connectivity index is 2.25. The van der Waals surface area contributed by atoms with Gasteiger partial charge in [0.1, 0.15) is 11.1 Å². The van der Waals surface area contributed by atoms with Crippen molar-refractivity contribution in [1.29, 1.82) is 5.26 Å². The van der Waals surface area contributed by atoms with Gasteiger partial charge in [0.15, 0.2) is 5.16 Å². The molecule has 2 heterocycles. The highest BCUT2D eigenvalue weighted by molar-refractivity contribution is 7.99. The SMILES string of the molecule is CCn1c(Sc2ccc(C#N)cn2)n[nH]c1=O. The van der Waals surface area contributed by atoms with Crippen LogP contribution in [-0.2, 0) is 6.54 Å². The molecule has 86 valence electrons. The van der Waals surface area contributed by atoms with E-state index in [2.05, 4.69) is 15.2 Å². The van der Waals surface area contributed by atoms with Gasteiger partial charge in [-0.3, -0.25) is 4.57 Å². The van der Waals surface area contributed by atoms with E-state index in [9.17, 15) is 4.79 Å². The summed E-state index contributed by atoms with van der Waals surface area (Å²) in [5.41, 5.74) is 0.271. The van der Waals surface area contributed by atoms with Crippen LogP contribution in [0.25, 0.3) is 0 Å². The van der Waals surface area contributed by atoms with E-state index in [1.807, 2.05) is 13.0 Å². The summed E-state index contributed by atoms with van der Waals surface area (Å²) in [5, 5.41) is 16.2. The van der Waals surface area contributed by atoms with Crippen molar-refractivity contribution in [1.82, 2.24) is 19.7 Å². The van der Waals surface area contributed by atoms with Gasteiger partial charge in [0, 0.05) is 12.7 Å². The van der Waals surface area contributed by atoms with Crippen molar-refractivity contribution in [2.45, 2.75) is 23.7 Å². The van der Waals surface area contributed by atoms with Crippen LogP contribution in [0.3, 0.4) is 0 Å². The molecule has 0 spiro atoms. The third-order valence-electron chi connectivity index (χ3n) is 2.10. The normalized spacial score (nSPS) is 10.1. The first-order valence-corrected chi connectivity index (χ1v) is 5.75. The summed E-state index contributed by atoms with van der Waals surface area (Å²) >= 11 is 1.28. The van der Waals surface area contributed by atoms with E-state index in [0.29, 0.717) is 22.3 Å². The van der Waals surface area contributed by atoms with Crippen LogP contribution in [0.2, 0.25) is 0 Å². The molecule has 0 bridgehead atoms. The number of pyridine rings is 1. The quantitative estimate of drug-likeness (QED) is 0.874. The van der Waals surface area contributed by atoms with E-state index >= 15 is 0 Å². The Hall–Kier alpha value is -2.07. The third kappa shape index (κ3) is 2.37. The summed E-state index contributed by atoms with van der Waals surface area (Å²) in [6.07, 6.45) is 1.49. The third-order valence-corrected chi connectivity index (χ3v) is 3.05. The van der Waals surface area contributed by atoms with Gasteiger partial charge in [0.25, 0.3) is 0 Å². The maximum atomic E-state index is 11.3. The van der Waals surface area contributed by atoms with Gasteiger partial charge in [-0.2, -0.15) is 5.26 Å². The first-order valence-electron chi connectivity index (χ1n) is 4.93.